The molecule has 138 valence electrons. The van der Waals surface area contributed by atoms with Crippen molar-refractivity contribution in [1.82, 2.24) is 4.98 Å². The normalized spacial score (nSPS) is 12.9. The Morgan fingerprint density at radius 2 is 1.89 bits per heavy atom. The van der Waals surface area contributed by atoms with Crippen LogP contribution in [0.5, 0.6) is 11.5 Å². The van der Waals surface area contributed by atoms with Crippen LogP contribution >= 0.6 is 11.6 Å². The van der Waals surface area contributed by atoms with Gasteiger partial charge in [0.25, 0.3) is 0 Å². The second kappa shape index (κ2) is 6.65. The van der Waals surface area contributed by atoms with Crippen molar-refractivity contribution in [3.8, 4) is 23.0 Å². The van der Waals surface area contributed by atoms with E-state index in [0.29, 0.717) is 28.3 Å². The predicted molar refractivity (Wildman–Crippen MR) is 104 cm³/mol. The van der Waals surface area contributed by atoms with Crippen LogP contribution in [0.4, 0.5) is 10.1 Å². The van der Waals surface area contributed by atoms with Gasteiger partial charge < -0.3 is 13.9 Å². The molecular formula is C21H12ClFN2O3. The summed E-state index contributed by atoms with van der Waals surface area (Å²) in [5.74, 6) is 1.35. The van der Waals surface area contributed by atoms with Crippen molar-refractivity contribution in [1.29, 1.82) is 0 Å². The molecule has 5 nitrogen and oxygen atoms in total. The van der Waals surface area contributed by atoms with Gasteiger partial charge in [-0.1, -0.05) is 11.6 Å². The first-order chi connectivity index (χ1) is 13.7. The topological polar surface area (TPSA) is 56.9 Å². The zero-order valence-corrected chi connectivity index (χ0v) is 15.1. The van der Waals surface area contributed by atoms with Crippen LogP contribution in [0.3, 0.4) is 0 Å². The summed E-state index contributed by atoms with van der Waals surface area (Å²) >= 11 is 6.10. The van der Waals surface area contributed by atoms with Crippen molar-refractivity contribution < 1.29 is 18.3 Å². The third-order valence-corrected chi connectivity index (χ3v) is 4.60. The van der Waals surface area contributed by atoms with Crippen LogP contribution in [-0.2, 0) is 0 Å². The molecular weight excluding hydrogens is 383 g/mol. The molecule has 0 radical (unpaired) electrons. The van der Waals surface area contributed by atoms with Gasteiger partial charge in [0.1, 0.15) is 11.3 Å². The summed E-state index contributed by atoms with van der Waals surface area (Å²) < 4.78 is 29.7. The molecule has 3 aromatic carbocycles. The van der Waals surface area contributed by atoms with Gasteiger partial charge in [-0.25, -0.2) is 9.37 Å². The molecule has 0 spiro atoms. The summed E-state index contributed by atoms with van der Waals surface area (Å²) in [6, 6.07) is 15.1. The summed E-state index contributed by atoms with van der Waals surface area (Å²) in [4.78, 5) is 8.94. The van der Waals surface area contributed by atoms with Crippen LogP contribution in [0.1, 0.15) is 5.56 Å². The number of halogens is 2. The van der Waals surface area contributed by atoms with Gasteiger partial charge in [0.2, 0.25) is 12.7 Å². The number of oxazole rings is 1. The average molecular weight is 395 g/mol. The Morgan fingerprint density at radius 1 is 1.00 bits per heavy atom. The highest BCUT2D eigenvalue weighted by molar-refractivity contribution is 6.33. The van der Waals surface area contributed by atoms with E-state index in [4.69, 9.17) is 25.5 Å². The molecule has 28 heavy (non-hydrogen) atoms. The molecule has 0 amide bonds. The molecule has 7 heteroatoms. The van der Waals surface area contributed by atoms with E-state index in [1.807, 2.05) is 30.3 Å². The summed E-state index contributed by atoms with van der Waals surface area (Å²) in [7, 11) is 0. The van der Waals surface area contributed by atoms with Gasteiger partial charge in [-0.3, -0.25) is 4.99 Å². The van der Waals surface area contributed by atoms with E-state index >= 15 is 0 Å². The zero-order valence-electron chi connectivity index (χ0n) is 14.4. The van der Waals surface area contributed by atoms with Crippen LogP contribution in [0.15, 0.2) is 64.0 Å². The Morgan fingerprint density at radius 3 is 2.79 bits per heavy atom. The van der Waals surface area contributed by atoms with Crippen LogP contribution in [0.25, 0.3) is 22.6 Å². The van der Waals surface area contributed by atoms with Gasteiger partial charge in [-0.15, -0.1) is 0 Å². The molecule has 1 aliphatic heterocycles. The van der Waals surface area contributed by atoms with Crippen molar-refractivity contribution in [2.45, 2.75) is 0 Å². The lowest BCUT2D eigenvalue weighted by Crippen LogP contribution is -1.92. The molecule has 0 N–H and O–H groups in total. The first-order valence-electron chi connectivity index (χ1n) is 8.45. The molecule has 0 saturated heterocycles. The fraction of sp³-hybridized carbons (Fsp3) is 0.0476. The van der Waals surface area contributed by atoms with Gasteiger partial charge >= 0.3 is 0 Å². The van der Waals surface area contributed by atoms with Crippen molar-refractivity contribution >= 4 is 34.6 Å². The van der Waals surface area contributed by atoms with Crippen molar-refractivity contribution in [3.63, 3.8) is 0 Å². The highest BCUT2D eigenvalue weighted by Gasteiger charge is 2.14. The Balaban J connectivity index is 1.45. The Labute approximate surface area is 164 Å². The average Bonchev–Trinajstić information content (AvgIpc) is 3.32. The van der Waals surface area contributed by atoms with E-state index < -0.39 is 5.82 Å². The molecule has 0 bridgehead atoms. The van der Waals surface area contributed by atoms with Crippen LogP contribution in [0, 0.1) is 5.82 Å². The monoisotopic (exact) mass is 394 g/mol. The van der Waals surface area contributed by atoms with Crippen LogP contribution in [0.2, 0.25) is 5.02 Å². The SMILES string of the molecule is Fc1ccc(-c2nc3cc(N=Cc4ccc5c(c4)OCO5)ccc3o2)c(Cl)c1. The molecule has 2 heterocycles. The number of nitrogens with zero attached hydrogens (tertiary/aromatic N) is 2. The van der Waals surface area contributed by atoms with Crippen molar-refractivity contribution in [3.05, 3.63) is 71.0 Å². The zero-order chi connectivity index (χ0) is 19.1. The largest absolute Gasteiger partial charge is 0.454 e. The highest BCUT2D eigenvalue weighted by atomic mass is 35.5. The minimum absolute atomic E-state index is 0.235. The number of hydrogen-bond donors (Lipinski definition) is 0. The minimum atomic E-state index is -0.412. The van der Waals surface area contributed by atoms with E-state index in [2.05, 4.69) is 9.98 Å². The molecule has 5 rings (SSSR count). The molecule has 0 saturated carbocycles. The molecule has 0 unspecified atom stereocenters. The first kappa shape index (κ1) is 16.8. The number of rotatable bonds is 3. The molecule has 1 aliphatic rings. The van der Waals surface area contributed by atoms with E-state index in [0.717, 1.165) is 17.0 Å². The number of hydrogen-bond acceptors (Lipinski definition) is 5. The highest BCUT2D eigenvalue weighted by Crippen LogP contribution is 2.33. The summed E-state index contributed by atoms with van der Waals surface area (Å²) in [6.45, 7) is 0.235. The predicted octanol–water partition coefficient (Wildman–Crippen LogP) is 5.77. The maximum Gasteiger partial charge on any atom is 0.231 e. The number of aliphatic imine (C=N–C) groups is 1. The molecule has 0 atom stereocenters. The quantitative estimate of drug-likeness (QED) is 0.414. The van der Waals surface area contributed by atoms with Crippen molar-refractivity contribution in [2.75, 3.05) is 6.79 Å². The van der Waals surface area contributed by atoms with Crippen LogP contribution in [-0.4, -0.2) is 18.0 Å². The van der Waals surface area contributed by atoms with E-state index in [1.165, 1.54) is 12.1 Å². The third-order valence-electron chi connectivity index (χ3n) is 4.29. The molecule has 0 aliphatic carbocycles. The number of aromatic nitrogens is 1. The fourth-order valence-corrected chi connectivity index (χ4v) is 3.16. The van der Waals surface area contributed by atoms with Crippen molar-refractivity contribution in [2.24, 2.45) is 4.99 Å². The lowest BCUT2D eigenvalue weighted by Gasteiger charge is -1.98. The Bertz CT molecular complexity index is 1240. The van der Waals surface area contributed by atoms with E-state index in [9.17, 15) is 4.39 Å². The van der Waals surface area contributed by atoms with Gasteiger partial charge in [0, 0.05) is 6.21 Å². The number of fused-ring (bicyclic) bond motifs is 2. The lowest BCUT2D eigenvalue weighted by atomic mass is 10.2. The molecule has 0 fully saturated rings. The fourth-order valence-electron chi connectivity index (χ4n) is 2.92. The Hall–Kier alpha value is -3.38. The standard InChI is InChI=1S/C21H12ClFN2O3/c22-16-8-13(23)2-4-15(16)21-25-17-9-14(3-6-18(17)28-21)24-10-12-1-5-19-20(7-12)27-11-26-19/h1-10H,11H2. The van der Waals surface area contributed by atoms with Gasteiger partial charge in [-0.05, 0) is 60.2 Å². The maximum absolute atomic E-state index is 13.3. The second-order valence-corrected chi connectivity index (χ2v) is 6.57. The molecule has 1 aromatic heterocycles. The summed E-state index contributed by atoms with van der Waals surface area (Å²) in [5, 5.41) is 0.243. The second-order valence-electron chi connectivity index (χ2n) is 6.17. The van der Waals surface area contributed by atoms with Gasteiger partial charge in [-0.2, -0.15) is 0 Å². The lowest BCUT2D eigenvalue weighted by molar-refractivity contribution is 0.174. The number of ether oxygens (including phenoxy) is 2. The van der Waals surface area contributed by atoms with E-state index in [-0.39, 0.29) is 11.8 Å². The smallest absolute Gasteiger partial charge is 0.231 e. The van der Waals surface area contributed by atoms with Gasteiger partial charge in [0.05, 0.1) is 16.3 Å². The van der Waals surface area contributed by atoms with Gasteiger partial charge in [0.15, 0.2) is 17.1 Å². The maximum atomic E-state index is 13.3. The third kappa shape index (κ3) is 3.08. The number of benzene rings is 3. The van der Waals surface area contributed by atoms with Crippen LogP contribution < -0.4 is 9.47 Å². The summed E-state index contributed by atoms with van der Waals surface area (Å²) in [6.07, 6.45) is 1.74. The first-order valence-corrected chi connectivity index (χ1v) is 8.83. The Kier molecular flexibility index (Phi) is 3.98. The van der Waals surface area contributed by atoms with E-state index in [1.54, 1.807) is 18.3 Å². The minimum Gasteiger partial charge on any atom is -0.454 e. The summed E-state index contributed by atoms with van der Waals surface area (Å²) in [5.41, 5.74) is 3.37. The molecule has 4 aromatic rings.